The summed E-state index contributed by atoms with van der Waals surface area (Å²) in [6, 6.07) is 9.65. The van der Waals surface area contributed by atoms with Crippen LogP contribution in [-0.4, -0.2) is 32.1 Å². The summed E-state index contributed by atoms with van der Waals surface area (Å²) in [4.78, 5) is 24.6. The number of alkyl halides is 2. The summed E-state index contributed by atoms with van der Waals surface area (Å²) < 4.78 is 34.1. The lowest BCUT2D eigenvalue weighted by Gasteiger charge is -2.19. The first kappa shape index (κ1) is 20.6. The normalized spacial score (nSPS) is 12.8. The number of ether oxygens (including phenoxy) is 2. The molecule has 0 fully saturated rings. The van der Waals surface area contributed by atoms with Crippen LogP contribution >= 0.6 is 0 Å². The molecule has 3 rings (SSSR count). The molecule has 6 nitrogen and oxygen atoms in total. The highest BCUT2D eigenvalue weighted by molar-refractivity contribution is 6.00. The molecule has 1 aliphatic rings. The summed E-state index contributed by atoms with van der Waals surface area (Å²) in [7, 11) is 1.28. The molecule has 0 spiro atoms. The standard InChI is InChI=1S/C21H22F2N2O4/c1-28-18-11-14(9-10-17(18)29-21(22)23)20(27)24-12-19(26)25-16-8-4-6-13-5-2-3-7-15(13)16/h4,6,8-11,21H,2-3,5,7,12H2,1H3,(H,24,27)(H,25,26). The fraction of sp³-hybridized carbons (Fsp3) is 0.333. The van der Waals surface area contributed by atoms with Crippen molar-refractivity contribution < 1.29 is 27.8 Å². The van der Waals surface area contributed by atoms with Gasteiger partial charge in [0.15, 0.2) is 11.5 Å². The van der Waals surface area contributed by atoms with Crippen molar-refractivity contribution in [3.8, 4) is 11.5 Å². The predicted molar refractivity (Wildman–Crippen MR) is 104 cm³/mol. The Hall–Kier alpha value is -3.16. The Labute approximate surface area is 167 Å². The van der Waals surface area contributed by atoms with Gasteiger partial charge in [-0.25, -0.2) is 0 Å². The van der Waals surface area contributed by atoms with Crippen LogP contribution < -0.4 is 20.1 Å². The summed E-state index contributed by atoms with van der Waals surface area (Å²) in [5.74, 6) is -1.05. The van der Waals surface area contributed by atoms with Crippen LogP contribution in [-0.2, 0) is 17.6 Å². The SMILES string of the molecule is COc1cc(C(=O)NCC(=O)Nc2cccc3c2CCCC3)ccc1OC(F)F. The van der Waals surface area contributed by atoms with E-state index in [2.05, 4.69) is 21.4 Å². The summed E-state index contributed by atoms with van der Waals surface area (Å²) in [6.45, 7) is -3.23. The third-order valence-corrected chi connectivity index (χ3v) is 4.72. The molecule has 0 heterocycles. The van der Waals surface area contributed by atoms with Gasteiger partial charge in [-0.05, 0) is 61.1 Å². The monoisotopic (exact) mass is 404 g/mol. The minimum Gasteiger partial charge on any atom is -0.493 e. The molecule has 0 unspecified atom stereocenters. The van der Waals surface area contributed by atoms with Gasteiger partial charge < -0.3 is 20.1 Å². The summed E-state index contributed by atoms with van der Waals surface area (Å²) in [5.41, 5.74) is 3.33. The molecule has 2 aromatic carbocycles. The molecule has 8 heteroatoms. The van der Waals surface area contributed by atoms with Crippen molar-refractivity contribution in [1.82, 2.24) is 5.32 Å². The zero-order chi connectivity index (χ0) is 20.8. The first-order chi connectivity index (χ1) is 14.0. The Morgan fingerprint density at radius 1 is 1.10 bits per heavy atom. The smallest absolute Gasteiger partial charge is 0.387 e. The van der Waals surface area contributed by atoms with E-state index in [1.54, 1.807) is 0 Å². The number of methoxy groups -OCH3 is 1. The zero-order valence-corrected chi connectivity index (χ0v) is 16.0. The second-order valence-electron chi connectivity index (χ2n) is 6.63. The van der Waals surface area contributed by atoms with Crippen LogP contribution in [0.1, 0.15) is 34.3 Å². The number of rotatable bonds is 7. The quantitative estimate of drug-likeness (QED) is 0.740. The lowest BCUT2D eigenvalue weighted by molar-refractivity contribution is -0.115. The van der Waals surface area contributed by atoms with E-state index >= 15 is 0 Å². The van der Waals surface area contributed by atoms with Crippen LogP contribution in [0.25, 0.3) is 0 Å². The highest BCUT2D eigenvalue weighted by Crippen LogP contribution is 2.30. The van der Waals surface area contributed by atoms with Crippen LogP contribution in [0.2, 0.25) is 0 Å². The van der Waals surface area contributed by atoms with E-state index in [0.717, 1.165) is 36.9 Å². The minimum absolute atomic E-state index is 0.00156. The molecule has 0 saturated heterocycles. The predicted octanol–water partition coefficient (Wildman–Crippen LogP) is 3.54. The topological polar surface area (TPSA) is 76.7 Å². The van der Waals surface area contributed by atoms with Gasteiger partial charge in [-0.3, -0.25) is 9.59 Å². The molecule has 2 aromatic rings. The van der Waals surface area contributed by atoms with Crippen LogP contribution in [0.3, 0.4) is 0 Å². The van der Waals surface area contributed by atoms with E-state index in [1.807, 2.05) is 12.1 Å². The van der Waals surface area contributed by atoms with Crippen LogP contribution in [0.5, 0.6) is 11.5 Å². The number of hydrogen-bond donors (Lipinski definition) is 2. The van der Waals surface area contributed by atoms with E-state index in [1.165, 1.54) is 30.9 Å². The maximum Gasteiger partial charge on any atom is 0.387 e. The van der Waals surface area contributed by atoms with Crippen LogP contribution in [0, 0.1) is 0 Å². The van der Waals surface area contributed by atoms with Crippen molar-refractivity contribution in [3.63, 3.8) is 0 Å². The third kappa shape index (κ3) is 5.22. The lowest BCUT2D eigenvalue weighted by Crippen LogP contribution is -2.33. The molecule has 0 saturated carbocycles. The summed E-state index contributed by atoms with van der Waals surface area (Å²) in [6.07, 6.45) is 4.16. The molecule has 2 N–H and O–H groups in total. The van der Waals surface area contributed by atoms with Gasteiger partial charge >= 0.3 is 6.61 Å². The number of carbonyl (C=O) groups is 2. The molecule has 154 valence electrons. The van der Waals surface area contributed by atoms with Crippen molar-refractivity contribution >= 4 is 17.5 Å². The second-order valence-corrected chi connectivity index (χ2v) is 6.63. The largest absolute Gasteiger partial charge is 0.493 e. The molecule has 0 radical (unpaired) electrons. The fourth-order valence-corrected chi connectivity index (χ4v) is 3.36. The van der Waals surface area contributed by atoms with Gasteiger partial charge in [-0.1, -0.05) is 12.1 Å². The van der Waals surface area contributed by atoms with Gasteiger partial charge in [0.1, 0.15) is 0 Å². The molecule has 0 bridgehead atoms. The fourth-order valence-electron chi connectivity index (χ4n) is 3.36. The van der Waals surface area contributed by atoms with E-state index in [0.29, 0.717) is 0 Å². The molecule has 0 atom stereocenters. The van der Waals surface area contributed by atoms with Crippen LogP contribution in [0.4, 0.5) is 14.5 Å². The van der Waals surface area contributed by atoms with Gasteiger partial charge in [0.05, 0.1) is 13.7 Å². The van der Waals surface area contributed by atoms with Crippen molar-refractivity contribution in [2.75, 3.05) is 19.0 Å². The minimum atomic E-state index is -3.00. The zero-order valence-electron chi connectivity index (χ0n) is 16.0. The molecule has 0 aliphatic heterocycles. The van der Waals surface area contributed by atoms with Crippen molar-refractivity contribution in [3.05, 3.63) is 53.1 Å². The van der Waals surface area contributed by atoms with Gasteiger partial charge in [-0.2, -0.15) is 8.78 Å². The number of halogens is 2. The first-order valence-electron chi connectivity index (χ1n) is 9.29. The summed E-state index contributed by atoms with van der Waals surface area (Å²) >= 11 is 0. The van der Waals surface area contributed by atoms with Gasteiger partial charge in [0, 0.05) is 11.3 Å². The summed E-state index contributed by atoms with van der Waals surface area (Å²) in [5, 5.41) is 5.36. The maximum atomic E-state index is 12.4. The average Bonchev–Trinajstić information content (AvgIpc) is 2.72. The Morgan fingerprint density at radius 3 is 2.66 bits per heavy atom. The van der Waals surface area contributed by atoms with E-state index in [4.69, 9.17) is 4.74 Å². The molecule has 0 aromatic heterocycles. The highest BCUT2D eigenvalue weighted by atomic mass is 19.3. The Morgan fingerprint density at radius 2 is 1.90 bits per heavy atom. The van der Waals surface area contributed by atoms with Crippen molar-refractivity contribution in [2.24, 2.45) is 0 Å². The molecular formula is C21H22F2N2O4. The highest BCUT2D eigenvalue weighted by Gasteiger charge is 2.17. The van der Waals surface area contributed by atoms with E-state index in [9.17, 15) is 18.4 Å². The first-order valence-corrected chi connectivity index (χ1v) is 9.29. The third-order valence-electron chi connectivity index (χ3n) is 4.72. The number of nitrogens with one attached hydrogen (secondary N) is 2. The Balaban J connectivity index is 1.60. The Bertz CT molecular complexity index is 902. The lowest BCUT2D eigenvalue weighted by atomic mass is 9.90. The van der Waals surface area contributed by atoms with Crippen molar-refractivity contribution in [2.45, 2.75) is 32.3 Å². The molecule has 1 aliphatic carbocycles. The van der Waals surface area contributed by atoms with Crippen molar-refractivity contribution in [1.29, 1.82) is 0 Å². The maximum absolute atomic E-state index is 12.4. The number of hydrogen-bond acceptors (Lipinski definition) is 4. The number of aryl methyl sites for hydroxylation is 1. The van der Waals surface area contributed by atoms with E-state index < -0.39 is 12.5 Å². The number of benzene rings is 2. The number of anilines is 1. The molecular weight excluding hydrogens is 382 g/mol. The van der Waals surface area contributed by atoms with Gasteiger partial charge in [0.2, 0.25) is 5.91 Å². The number of amides is 2. The molecule has 29 heavy (non-hydrogen) atoms. The second kappa shape index (κ2) is 9.36. The van der Waals surface area contributed by atoms with Crippen LogP contribution in [0.15, 0.2) is 36.4 Å². The number of fused-ring (bicyclic) bond motifs is 1. The molecule has 2 amide bonds. The Kier molecular flexibility index (Phi) is 6.64. The van der Waals surface area contributed by atoms with Gasteiger partial charge in [-0.15, -0.1) is 0 Å². The number of carbonyl (C=O) groups excluding carboxylic acids is 2. The average molecular weight is 404 g/mol. The van der Waals surface area contributed by atoms with Gasteiger partial charge in [0.25, 0.3) is 5.91 Å². The van der Waals surface area contributed by atoms with E-state index in [-0.39, 0.29) is 29.5 Å².